The van der Waals surface area contributed by atoms with Crippen LogP contribution in [0, 0.1) is 0 Å². The van der Waals surface area contributed by atoms with E-state index in [4.69, 9.17) is 5.73 Å². The van der Waals surface area contributed by atoms with Gasteiger partial charge < -0.3 is 15.2 Å². The number of nitrogens with zero attached hydrogens (tertiary/aromatic N) is 3. The number of likely N-dealkylation sites (tertiary alicyclic amines) is 1. The van der Waals surface area contributed by atoms with Crippen LogP contribution >= 0.6 is 0 Å². The summed E-state index contributed by atoms with van der Waals surface area (Å²) in [6.07, 6.45) is 3.83. The number of hydrogen-bond donors (Lipinski definition) is 1. The number of nitrogens with two attached hydrogens (primary N) is 1. The van der Waals surface area contributed by atoms with Gasteiger partial charge in [-0.05, 0) is 32.0 Å². The van der Waals surface area contributed by atoms with Crippen molar-refractivity contribution in [2.75, 3.05) is 32.4 Å². The van der Waals surface area contributed by atoms with E-state index in [1.807, 2.05) is 0 Å². The van der Waals surface area contributed by atoms with Crippen LogP contribution in [0.4, 0.5) is 5.69 Å². The van der Waals surface area contributed by atoms with Gasteiger partial charge in [0.2, 0.25) is 5.91 Å². The molecule has 1 aromatic rings. The summed E-state index contributed by atoms with van der Waals surface area (Å²) in [4.78, 5) is 28.1. The number of nitrogen functional groups attached to an aromatic ring is 1. The highest BCUT2D eigenvalue weighted by Crippen LogP contribution is 2.17. The topological polar surface area (TPSA) is 71.6 Å². The van der Waals surface area contributed by atoms with Crippen LogP contribution in [-0.2, 0) is 11.3 Å². The standard InChI is InChI=1S/C15H24N4O2/c1-3-18-8-4-5-13(18)10-17(2)15(21)11-19-9-12(16)6-7-14(19)20/h6-7,9,13H,3-5,8,10-11,16H2,1-2H3. The molecule has 0 spiro atoms. The molecule has 1 amide bonds. The average molecular weight is 292 g/mol. The second-order valence-electron chi connectivity index (χ2n) is 5.63. The molecule has 2 N–H and O–H groups in total. The number of likely N-dealkylation sites (N-methyl/N-ethyl adjacent to an activating group) is 2. The first-order valence-electron chi connectivity index (χ1n) is 7.45. The number of aromatic nitrogens is 1. The maximum Gasteiger partial charge on any atom is 0.251 e. The van der Waals surface area contributed by atoms with Crippen LogP contribution in [0.5, 0.6) is 0 Å². The van der Waals surface area contributed by atoms with Gasteiger partial charge in [0.25, 0.3) is 5.56 Å². The Morgan fingerprint density at radius 3 is 2.95 bits per heavy atom. The van der Waals surface area contributed by atoms with Crippen LogP contribution in [0.2, 0.25) is 0 Å². The van der Waals surface area contributed by atoms with E-state index in [9.17, 15) is 9.59 Å². The van der Waals surface area contributed by atoms with Gasteiger partial charge in [-0.3, -0.25) is 14.5 Å². The van der Waals surface area contributed by atoms with Crippen LogP contribution in [0.15, 0.2) is 23.1 Å². The molecule has 0 aliphatic carbocycles. The Bertz CT molecular complexity index is 555. The SMILES string of the molecule is CCN1CCCC1CN(C)C(=O)Cn1cc(N)ccc1=O. The average Bonchev–Trinajstić information content (AvgIpc) is 2.90. The highest BCUT2D eigenvalue weighted by atomic mass is 16.2. The smallest absolute Gasteiger partial charge is 0.251 e. The predicted octanol–water partition coefficient (Wildman–Crippen LogP) is 0.373. The zero-order chi connectivity index (χ0) is 15.4. The fourth-order valence-corrected chi connectivity index (χ4v) is 2.88. The molecule has 0 bridgehead atoms. The normalized spacial score (nSPS) is 18.9. The number of carbonyl (C=O) groups is 1. The first kappa shape index (κ1) is 15.6. The highest BCUT2D eigenvalue weighted by molar-refractivity contribution is 5.75. The Balaban J connectivity index is 1.96. The van der Waals surface area contributed by atoms with Gasteiger partial charge in [0.15, 0.2) is 0 Å². The second kappa shape index (κ2) is 6.76. The van der Waals surface area contributed by atoms with Gasteiger partial charge in [0.05, 0.1) is 0 Å². The van der Waals surface area contributed by atoms with Crippen molar-refractivity contribution in [2.45, 2.75) is 32.4 Å². The summed E-state index contributed by atoms with van der Waals surface area (Å²) in [6.45, 7) is 5.02. The molecule has 6 nitrogen and oxygen atoms in total. The largest absolute Gasteiger partial charge is 0.398 e. The molecule has 1 aromatic heterocycles. The minimum absolute atomic E-state index is 0.0409. The number of anilines is 1. The number of hydrogen-bond acceptors (Lipinski definition) is 4. The lowest BCUT2D eigenvalue weighted by atomic mass is 10.2. The number of pyridine rings is 1. The van der Waals surface area contributed by atoms with E-state index in [0.29, 0.717) is 18.3 Å². The fourth-order valence-electron chi connectivity index (χ4n) is 2.88. The van der Waals surface area contributed by atoms with Gasteiger partial charge >= 0.3 is 0 Å². The summed E-state index contributed by atoms with van der Waals surface area (Å²) >= 11 is 0. The van der Waals surface area contributed by atoms with Crippen molar-refractivity contribution in [3.63, 3.8) is 0 Å². The van der Waals surface area contributed by atoms with Crippen molar-refractivity contribution in [3.8, 4) is 0 Å². The highest BCUT2D eigenvalue weighted by Gasteiger charge is 2.25. The molecule has 116 valence electrons. The predicted molar refractivity (Wildman–Crippen MR) is 83.0 cm³/mol. The van der Waals surface area contributed by atoms with Gasteiger partial charge in [0, 0.05) is 37.6 Å². The molecule has 1 unspecified atom stereocenters. The molecule has 1 atom stereocenters. The molecule has 6 heteroatoms. The first-order valence-corrected chi connectivity index (χ1v) is 7.45. The van der Waals surface area contributed by atoms with E-state index < -0.39 is 0 Å². The summed E-state index contributed by atoms with van der Waals surface area (Å²) in [5.74, 6) is -0.0642. The maximum absolute atomic E-state index is 12.3. The zero-order valence-corrected chi connectivity index (χ0v) is 12.8. The van der Waals surface area contributed by atoms with Gasteiger partial charge in [-0.15, -0.1) is 0 Å². The van der Waals surface area contributed by atoms with Crippen molar-refractivity contribution >= 4 is 11.6 Å². The van der Waals surface area contributed by atoms with E-state index in [-0.39, 0.29) is 18.0 Å². The molecule has 0 radical (unpaired) electrons. The molecule has 1 aliphatic rings. The number of amides is 1. The lowest BCUT2D eigenvalue weighted by Crippen LogP contribution is -2.42. The summed E-state index contributed by atoms with van der Waals surface area (Å²) in [5.41, 5.74) is 5.93. The lowest BCUT2D eigenvalue weighted by molar-refractivity contribution is -0.131. The van der Waals surface area contributed by atoms with Crippen molar-refractivity contribution in [1.29, 1.82) is 0 Å². The molecule has 1 aliphatic heterocycles. The molecule has 2 rings (SSSR count). The van der Waals surface area contributed by atoms with Gasteiger partial charge in [-0.25, -0.2) is 0 Å². The zero-order valence-electron chi connectivity index (χ0n) is 12.8. The van der Waals surface area contributed by atoms with Crippen molar-refractivity contribution in [1.82, 2.24) is 14.4 Å². The van der Waals surface area contributed by atoms with Crippen LogP contribution in [0.3, 0.4) is 0 Å². The van der Waals surface area contributed by atoms with Gasteiger partial charge in [0.1, 0.15) is 6.54 Å². The number of rotatable bonds is 5. The van der Waals surface area contributed by atoms with Crippen LogP contribution in [-0.4, -0.2) is 53.0 Å². The Labute approximate surface area is 125 Å². The van der Waals surface area contributed by atoms with E-state index in [0.717, 1.165) is 19.5 Å². The van der Waals surface area contributed by atoms with Crippen molar-refractivity contribution < 1.29 is 4.79 Å². The van der Waals surface area contributed by atoms with Crippen LogP contribution in [0.1, 0.15) is 19.8 Å². The van der Waals surface area contributed by atoms with E-state index in [1.54, 1.807) is 18.0 Å². The minimum atomic E-state index is -0.206. The Hall–Kier alpha value is -1.82. The van der Waals surface area contributed by atoms with E-state index in [1.165, 1.54) is 23.3 Å². The molecule has 0 saturated carbocycles. The van der Waals surface area contributed by atoms with Crippen molar-refractivity contribution in [3.05, 3.63) is 28.7 Å². The molecule has 2 heterocycles. The summed E-state index contributed by atoms with van der Waals surface area (Å²) < 4.78 is 1.36. The third kappa shape index (κ3) is 3.85. The number of carbonyl (C=O) groups excluding carboxylic acids is 1. The molecule has 0 aromatic carbocycles. The third-order valence-electron chi connectivity index (χ3n) is 4.13. The van der Waals surface area contributed by atoms with E-state index in [2.05, 4.69) is 11.8 Å². The fraction of sp³-hybridized carbons (Fsp3) is 0.600. The lowest BCUT2D eigenvalue weighted by Gasteiger charge is -2.28. The van der Waals surface area contributed by atoms with E-state index >= 15 is 0 Å². The molecule has 1 saturated heterocycles. The second-order valence-corrected chi connectivity index (χ2v) is 5.63. The molecular weight excluding hydrogens is 268 g/mol. The van der Waals surface area contributed by atoms with Crippen LogP contribution < -0.4 is 11.3 Å². The summed E-state index contributed by atoms with van der Waals surface area (Å²) in [6, 6.07) is 3.37. The summed E-state index contributed by atoms with van der Waals surface area (Å²) in [5, 5.41) is 0. The molecule has 1 fully saturated rings. The Morgan fingerprint density at radius 1 is 1.48 bits per heavy atom. The van der Waals surface area contributed by atoms with Gasteiger partial charge in [-0.2, -0.15) is 0 Å². The third-order valence-corrected chi connectivity index (χ3v) is 4.13. The summed E-state index contributed by atoms with van der Waals surface area (Å²) in [7, 11) is 1.80. The minimum Gasteiger partial charge on any atom is -0.398 e. The Kier molecular flexibility index (Phi) is 5.01. The molecular formula is C15H24N4O2. The first-order chi connectivity index (χ1) is 10.0. The van der Waals surface area contributed by atoms with Crippen LogP contribution in [0.25, 0.3) is 0 Å². The quantitative estimate of drug-likeness (QED) is 0.851. The maximum atomic E-state index is 12.3. The van der Waals surface area contributed by atoms with Gasteiger partial charge in [-0.1, -0.05) is 6.92 Å². The van der Waals surface area contributed by atoms with Crippen molar-refractivity contribution in [2.24, 2.45) is 0 Å². The monoisotopic (exact) mass is 292 g/mol. The Morgan fingerprint density at radius 2 is 2.24 bits per heavy atom. The molecule has 21 heavy (non-hydrogen) atoms.